The van der Waals surface area contributed by atoms with E-state index in [0.29, 0.717) is 24.1 Å². The first-order valence-corrected chi connectivity index (χ1v) is 6.99. The molecule has 1 aromatic heterocycles. The highest BCUT2D eigenvalue weighted by Gasteiger charge is 2.36. The smallest absolute Gasteiger partial charge is 0.379 e. The number of rotatable bonds is 2. The highest BCUT2D eigenvalue weighted by molar-refractivity contribution is 14.1. The van der Waals surface area contributed by atoms with Gasteiger partial charge in [-0.25, -0.2) is 0 Å². The van der Waals surface area contributed by atoms with E-state index >= 15 is 0 Å². The Kier molecular flexibility index (Phi) is 2.74. The molecule has 0 N–H and O–H groups in total. The normalized spacial score (nSPS) is 17.8. The number of hydrogen-bond acceptors (Lipinski definition) is 2. The van der Waals surface area contributed by atoms with Crippen LogP contribution in [0.25, 0.3) is 10.9 Å². The third kappa shape index (κ3) is 1.62. The summed E-state index contributed by atoms with van der Waals surface area (Å²) in [7, 11) is 0. The van der Waals surface area contributed by atoms with E-state index in [0.717, 1.165) is 21.6 Å². The molecular formula is C13H11INO2+. The average molecular weight is 340 g/mol. The summed E-state index contributed by atoms with van der Waals surface area (Å²) in [5.74, 6) is 0.709. The van der Waals surface area contributed by atoms with E-state index in [1.54, 1.807) is 0 Å². The van der Waals surface area contributed by atoms with Crippen LogP contribution in [-0.2, 0) is 0 Å². The van der Waals surface area contributed by atoms with Crippen LogP contribution < -0.4 is 9.30 Å². The second-order valence-corrected chi connectivity index (χ2v) is 4.95. The summed E-state index contributed by atoms with van der Waals surface area (Å²) in [5.41, 5.74) is 1.77. The highest BCUT2D eigenvalue weighted by atomic mass is 127. The van der Waals surface area contributed by atoms with Crippen molar-refractivity contribution in [3.63, 3.8) is 0 Å². The Balaban J connectivity index is 2.39. The van der Waals surface area contributed by atoms with E-state index in [-0.39, 0.29) is 0 Å². The molecule has 2 aromatic rings. The topological polar surface area (TPSA) is 30.2 Å². The highest BCUT2D eigenvalue weighted by Crippen LogP contribution is 2.26. The fourth-order valence-electron chi connectivity index (χ4n) is 2.27. The van der Waals surface area contributed by atoms with Crippen molar-refractivity contribution in [1.29, 1.82) is 0 Å². The van der Waals surface area contributed by atoms with Crippen molar-refractivity contribution < 1.29 is 14.1 Å². The fraction of sp³-hybridized carbons (Fsp3) is 0.231. The quantitative estimate of drug-likeness (QED) is 0.364. The molecule has 1 aliphatic heterocycles. The van der Waals surface area contributed by atoms with Gasteiger partial charge in [-0.2, -0.15) is 4.57 Å². The first-order chi connectivity index (χ1) is 8.35. The maximum atomic E-state index is 11.1. The number of fused-ring (bicyclic) bond motifs is 3. The van der Waals surface area contributed by atoms with Crippen LogP contribution in [-0.4, -0.2) is 17.3 Å². The number of nitrogens with zero attached hydrogens (tertiary/aromatic N) is 1. The van der Waals surface area contributed by atoms with Crippen LogP contribution in [0.5, 0.6) is 5.88 Å². The van der Waals surface area contributed by atoms with Crippen LogP contribution in [0, 0.1) is 0 Å². The molecule has 0 aliphatic carbocycles. The molecule has 1 unspecified atom stereocenters. The molecule has 0 radical (unpaired) electrons. The SMILES string of the molecule is O=Cc1cc2ccccc2[n+]2c1OCC2CI. The molecule has 4 heteroatoms. The Hall–Kier alpha value is -1.17. The molecule has 1 aliphatic rings. The lowest BCUT2D eigenvalue weighted by atomic mass is 10.1. The lowest BCUT2D eigenvalue weighted by Crippen LogP contribution is -2.38. The van der Waals surface area contributed by atoms with Crippen molar-refractivity contribution >= 4 is 39.8 Å². The Bertz CT molecular complexity index is 597. The molecule has 2 heterocycles. The number of hydrogen-bond donors (Lipinski definition) is 0. The number of pyridine rings is 1. The van der Waals surface area contributed by atoms with E-state index < -0.39 is 0 Å². The van der Waals surface area contributed by atoms with Gasteiger partial charge in [0.1, 0.15) is 5.56 Å². The minimum atomic E-state index is 0.315. The van der Waals surface area contributed by atoms with Gasteiger partial charge in [0.25, 0.3) is 0 Å². The van der Waals surface area contributed by atoms with Crippen LogP contribution in [0.1, 0.15) is 16.4 Å². The lowest BCUT2D eigenvalue weighted by molar-refractivity contribution is -0.674. The zero-order chi connectivity index (χ0) is 11.8. The summed E-state index contributed by atoms with van der Waals surface area (Å²) in [4.78, 5) is 11.1. The van der Waals surface area contributed by atoms with Crippen molar-refractivity contribution in [1.82, 2.24) is 0 Å². The summed E-state index contributed by atoms with van der Waals surface area (Å²) in [6, 6.07) is 10.3. The standard InChI is InChI=1S/C13H11INO2/c14-6-11-8-17-13-10(7-16)5-9-3-1-2-4-12(9)15(11)13/h1-5,7,11H,6,8H2/q+1. The molecule has 1 atom stereocenters. The predicted octanol–water partition coefficient (Wildman–Crippen LogP) is 2.31. The fourth-order valence-corrected chi connectivity index (χ4v) is 2.92. The van der Waals surface area contributed by atoms with E-state index in [4.69, 9.17) is 4.74 Å². The first-order valence-electron chi connectivity index (χ1n) is 5.46. The third-order valence-electron chi connectivity index (χ3n) is 3.06. The summed E-state index contributed by atoms with van der Waals surface area (Å²) >= 11 is 2.35. The lowest BCUT2D eigenvalue weighted by Gasteiger charge is -2.03. The van der Waals surface area contributed by atoms with Gasteiger partial charge in [-0.1, -0.05) is 34.7 Å². The molecule has 0 bridgehead atoms. The molecule has 0 saturated heterocycles. The number of halogens is 1. The number of aromatic nitrogens is 1. The van der Waals surface area contributed by atoms with Crippen molar-refractivity contribution in [3.8, 4) is 5.88 Å². The monoisotopic (exact) mass is 340 g/mol. The summed E-state index contributed by atoms with van der Waals surface area (Å²) in [6.07, 6.45) is 0.869. The molecule has 3 rings (SSSR count). The van der Waals surface area contributed by atoms with Crippen molar-refractivity contribution in [2.45, 2.75) is 6.04 Å². The Morgan fingerprint density at radius 3 is 3.06 bits per heavy atom. The van der Waals surface area contributed by atoms with Gasteiger partial charge in [-0.15, -0.1) is 0 Å². The summed E-state index contributed by atoms with van der Waals surface area (Å²) in [5, 5.41) is 1.08. The zero-order valence-corrected chi connectivity index (χ0v) is 11.3. The molecule has 0 amide bonds. The number of carbonyl (C=O) groups excluding carboxylic acids is 1. The van der Waals surface area contributed by atoms with Gasteiger partial charge in [0.2, 0.25) is 11.6 Å². The third-order valence-corrected chi connectivity index (χ3v) is 4.07. The van der Waals surface area contributed by atoms with Gasteiger partial charge in [0.05, 0.1) is 4.43 Å². The molecule has 0 fully saturated rings. The molecule has 17 heavy (non-hydrogen) atoms. The largest absolute Gasteiger partial charge is 0.437 e. The number of para-hydroxylation sites is 1. The summed E-state index contributed by atoms with van der Waals surface area (Å²) < 4.78 is 8.78. The van der Waals surface area contributed by atoms with Gasteiger partial charge in [-0.05, 0) is 12.1 Å². The minimum Gasteiger partial charge on any atom is -0.437 e. The maximum Gasteiger partial charge on any atom is 0.379 e. The second kappa shape index (κ2) is 4.25. The minimum absolute atomic E-state index is 0.315. The van der Waals surface area contributed by atoms with Gasteiger partial charge in [-0.3, -0.25) is 4.79 Å². The summed E-state index contributed by atoms with van der Waals surface area (Å²) in [6.45, 7) is 0.651. The van der Waals surface area contributed by atoms with Gasteiger partial charge in [0, 0.05) is 11.5 Å². The second-order valence-electron chi connectivity index (χ2n) is 4.07. The van der Waals surface area contributed by atoms with E-state index in [1.807, 2.05) is 24.3 Å². The molecule has 86 valence electrons. The van der Waals surface area contributed by atoms with Crippen LogP contribution in [0.2, 0.25) is 0 Å². The Morgan fingerprint density at radius 1 is 1.47 bits per heavy atom. The van der Waals surface area contributed by atoms with Crippen molar-refractivity contribution in [2.75, 3.05) is 11.0 Å². The number of alkyl halides is 1. The van der Waals surface area contributed by atoms with Crippen molar-refractivity contribution in [2.24, 2.45) is 0 Å². The van der Waals surface area contributed by atoms with Crippen molar-refractivity contribution in [3.05, 3.63) is 35.9 Å². The molecule has 1 aromatic carbocycles. The molecule has 0 spiro atoms. The zero-order valence-electron chi connectivity index (χ0n) is 9.10. The van der Waals surface area contributed by atoms with Gasteiger partial charge < -0.3 is 4.74 Å². The number of ether oxygens (including phenoxy) is 1. The Labute approximate surface area is 113 Å². The van der Waals surface area contributed by atoms with Gasteiger partial charge >= 0.3 is 5.88 Å². The van der Waals surface area contributed by atoms with Crippen LogP contribution in [0.15, 0.2) is 30.3 Å². The first kappa shape index (κ1) is 11.0. The Morgan fingerprint density at radius 2 is 2.29 bits per heavy atom. The van der Waals surface area contributed by atoms with E-state index in [2.05, 4.69) is 33.2 Å². The molecule has 3 nitrogen and oxygen atoms in total. The molecule has 0 saturated carbocycles. The maximum absolute atomic E-state index is 11.1. The van der Waals surface area contributed by atoms with Crippen LogP contribution in [0.4, 0.5) is 0 Å². The number of aldehydes is 1. The van der Waals surface area contributed by atoms with Gasteiger partial charge in [0.15, 0.2) is 12.9 Å². The van der Waals surface area contributed by atoms with Crippen LogP contribution >= 0.6 is 22.6 Å². The predicted molar refractivity (Wildman–Crippen MR) is 72.9 cm³/mol. The van der Waals surface area contributed by atoms with E-state index in [1.165, 1.54) is 0 Å². The molecular weight excluding hydrogens is 329 g/mol. The van der Waals surface area contributed by atoms with Crippen LogP contribution in [0.3, 0.4) is 0 Å². The average Bonchev–Trinajstić information content (AvgIpc) is 2.82. The number of benzene rings is 1. The number of carbonyl (C=O) groups is 1. The van der Waals surface area contributed by atoms with E-state index in [9.17, 15) is 4.79 Å².